The Balaban J connectivity index is 0.000000221. The van der Waals surface area contributed by atoms with E-state index in [9.17, 15) is 8.78 Å². The number of benzene rings is 2. The number of anilines is 1. The predicted molar refractivity (Wildman–Crippen MR) is 205 cm³/mol. The zero-order valence-electron chi connectivity index (χ0n) is 30.6. The second kappa shape index (κ2) is 17.6. The van der Waals surface area contributed by atoms with Gasteiger partial charge in [-0.1, -0.05) is 50.9 Å². The number of fused-ring (bicyclic) bond motifs is 2. The summed E-state index contributed by atoms with van der Waals surface area (Å²) in [6.07, 6.45) is 5.02. The van der Waals surface area contributed by atoms with E-state index in [-0.39, 0.29) is 10.0 Å². The summed E-state index contributed by atoms with van der Waals surface area (Å²) in [7, 11) is 1.61. The van der Waals surface area contributed by atoms with Crippen molar-refractivity contribution in [3.05, 3.63) is 80.9 Å². The molecule has 3 atom stereocenters. The molecule has 4 heterocycles. The summed E-state index contributed by atoms with van der Waals surface area (Å²) in [4.78, 5) is 11.3. The zero-order valence-corrected chi connectivity index (χ0v) is 33.7. The van der Waals surface area contributed by atoms with E-state index in [4.69, 9.17) is 47.5 Å². The fraction of sp³-hybridized carbons (Fsp3) is 0.459. The molecule has 2 aromatic carbocycles. The Morgan fingerprint density at radius 1 is 0.815 bits per heavy atom. The second-order valence-corrected chi connectivity index (χ2v) is 15.8. The van der Waals surface area contributed by atoms with Crippen LogP contribution >= 0.6 is 39.1 Å². The highest BCUT2D eigenvalue weighted by atomic mass is 79.9. The van der Waals surface area contributed by atoms with E-state index in [0.717, 1.165) is 31.0 Å². The molecule has 2 fully saturated rings. The average molecular weight is 850 g/mol. The van der Waals surface area contributed by atoms with Crippen LogP contribution in [-0.2, 0) is 19.5 Å². The van der Waals surface area contributed by atoms with Crippen LogP contribution in [0.3, 0.4) is 0 Å². The molecule has 54 heavy (non-hydrogen) atoms. The first-order chi connectivity index (χ1) is 25.8. The lowest BCUT2D eigenvalue weighted by atomic mass is 9.82. The first-order valence-corrected chi connectivity index (χ1v) is 19.3. The standard InChI is InChI=1S/C25H30ClFN6O2.C12H12BrClFN3O/c1-15(2)12-33-25(35-19-6-7-22(27)21(26)9-19)29-23(31-33)10-20-16-4-5-17(20)14-32(13-16)18-8-24(34-3)30-28-11-18;1-7(2)6-18-12(16-11(13)17-18)19-8-3-4-10(15)9(14)5-8/h6-9,11,15-17,20H,4-5,10,12-14H2,1-3H3;3-5,7H,6H2,1-2H3/t16-,17+,20?;. The van der Waals surface area contributed by atoms with Gasteiger partial charge >= 0.3 is 12.0 Å². The Hall–Kier alpha value is -4.08. The summed E-state index contributed by atoms with van der Waals surface area (Å²) < 4.78 is 47.3. The normalized spacial score (nSPS) is 17.9. The summed E-state index contributed by atoms with van der Waals surface area (Å²) in [6.45, 7) is 11.7. The van der Waals surface area contributed by atoms with Gasteiger partial charge in [0.1, 0.15) is 23.1 Å². The third-order valence-corrected chi connectivity index (χ3v) is 10.1. The van der Waals surface area contributed by atoms with Crippen LogP contribution in [0.25, 0.3) is 0 Å². The Morgan fingerprint density at radius 2 is 1.37 bits per heavy atom. The summed E-state index contributed by atoms with van der Waals surface area (Å²) >= 11 is 14.8. The molecule has 1 saturated heterocycles. The molecule has 3 aromatic heterocycles. The van der Waals surface area contributed by atoms with E-state index in [1.165, 1.54) is 43.2 Å². The second-order valence-electron chi connectivity index (χ2n) is 14.3. The molecule has 1 unspecified atom stereocenters. The highest BCUT2D eigenvalue weighted by molar-refractivity contribution is 9.10. The van der Waals surface area contributed by atoms with E-state index in [1.54, 1.807) is 17.9 Å². The van der Waals surface area contributed by atoms with Crippen molar-refractivity contribution in [1.29, 1.82) is 0 Å². The smallest absolute Gasteiger partial charge is 0.321 e. The summed E-state index contributed by atoms with van der Waals surface area (Å²) in [5.74, 6) is 3.61. The van der Waals surface area contributed by atoms with Crippen molar-refractivity contribution in [2.24, 2.45) is 29.6 Å². The lowest BCUT2D eigenvalue weighted by molar-refractivity contribution is 0.265. The number of rotatable bonds is 12. The SMILES string of the molecule is CC(C)Cn1nc(Br)nc1Oc1ccc(F)c(Cl)c1.COc1cc(N2C[C@H]3CC[C@@H](C2)C3Cc2nc(Oc3ccc(F)c(Cl)c3)n(CC(C)C)n2)cnn1. The van der Waals surface area contributed by atoms with Gasteiger partial charge in [-0.2, -0.15) is 20.2 Å². The van der Waals surface area contributed by atoms with E-state index < -0.39 is 11.6 Å². The van der Waals surface area contributed by atoms with Crippen molar-refractivity contribution in [2.75, 3.05) is 25.1 Å². The molecule has 1 aliphatic carbocycles. The van der Waals surface area contributed by atoms with Crippen molar-refractivity contribution < 1.29 is 23.0 Å². The average Bonchev–Trinajstić information content (AvgIpc) is 3.73. The Kier molecular flexibility index (Phi) is 12.9. The minimum atomic E-state index is -0.487. The Labute approximate surface area is 331 Å². The van der Waals surface area contributed by atoms with Crippen LogP contribution < -0.4 is 19.1 Å². The molecule has 288 valence electrons. The molecule has 2 aliphatic rings. The molecule has 1 saturated carbocycles. The topological polar surface area (TPSA) is 118 Å². The van der Waals surface area contributed by atoms with Gasteiger partial charge in [0.15, 0.2) is 5.82 Å². The quantitative estimate of drug-likeness (QED) is 0.120. The van der Waals surface area contributed by atoms with Crippen LogP contribution in [0.4, 0.5) is 14.5 Å². The number of ether oxygens (including phenoxy) is 3. The first kappa shape index (κ1) is 39.6. The Morgan fingerprint density at radius 3 is 1.91 bits per heavy atom. The van der Waals surface area contributed by atoms with Crippen LogP contribution in [0, 0.1) is 41.2 Å². The molecule has 0 spiro atoms. The number of hydrogen-bond acceptors (Lipinski definition) is 10. The summed E-state index contributed by atoms with van der Waals surface area (Å²) in [5.41, 5.74) is 1.06. The lowest BCUT2D eigenvalue weighted by Crippen LogP contribution is -2.42. The van der Waals surface area contributed by atoms with Gasteiger partial charge in [0, 0.05) is 50.8 Å². The van der Waals surface area contributed by atoms with Gasteiger partial charge < -0.3 is 19.1 Å². The lowest BCUT2D eigenvalue weighted by Gasteiger charge is -2.38. The maximum atomic E-state index is 13.6. The largest absolute Gasteiger partial charge is 0.480 e. The number of methoxy groups -OCH3 is 1. The molecular weight excluding hydrogens is 807 g/mol. The molecule has 17 heteroatoms. The molecule has 7 rings (SSSR count). The highest BCUT2D eigenvalue weighted by Crippen LogP contribution is 2.45. The molecule has 0 N–H and O–H groups in total. The van der Waals surface area contributed by atoms with E-state index >= 15 is 0 Å². The number of halogens is 5. The molecule has 0 amide bonds. The van der Waals surface area contributed by atoms with Gasteiger partial charge in [-0.25, -0.2) is 18.1 Å². The number of hydrogen-bond donors (Lipinski definition) is 0. The van der Waals surface area contributed by atoms with Gasteiger partial charge in [0.2, 0.25) is 10.6 Å². The summed E-state index contributed by atoms with van der Waals surface area (Å²) in [6, 6.07) is 11.1. The van der Waals surface area contributed by atoms with Crippen molar-refractivity contribution in [3.63, 3.8) is 0 Å². The van der Waals surface area contributed by atoms with Crippen LogP contribution in [-0.4, -0.2) is 59.9 Å². The monoisotopic (exact) mass is 847 g/mol. The van der Waals surface area contributed by atoms with E-state index in [2.05, 4.69) is 68.8 Å². The first-order valence-electron chi connectivity index (χ1n) is 17.8. The van der Waals surface area contributed by atoms with Gasteiger partial charge in [0.25, 0.3) is 0 Å². The van der Waals surface area contributed by atoms with Gasteiger partial charge in [-0.3, -0.25) is 0 Å². The molecular formula is C37H42BrCl2F2N9O3. The van der Waals surface area contributed by atoms with Crippen LogP contribution in [0.5, 0.6) is 29.4 Å². The number of aromatic nitrogens is 8. The highest BCUT2D eigenvalue weighted by Gasteiger charge is 2.42. The third kappa shape index (κ3) is 9.96. The van der Waals surface area contributed by atoms with Crippen LogP contribution in [0.15, 0.2) is 53.4 Å². The number of piperidine rings is 1. The number of nitrogens with zero attached hydrogens (tertiary/aromatic N) is 9. The minimum absolute atomic E-state index is 0.00601. The molecule has 2 bridgehead atoms. The maximum absolute atomic E-state index is 13.6. The molecule has 5 aromatic rings. The van der Waals surface area contributed by atoms with E-state index in [1.807, 2.05) is 16.9 Å². The van der Waals surface area contributed by atoms with Crippen molar-refractivity contribution >= 4 is 44.8 Å². The van der Waals surface area contributed by atoms with Gasteiger partial charge in [-0.15, -0.1) is 10.2 Å². The molecule has 0 radical (unpaired) electrons. The Bertz CT molecular complexity index is 2040. The molecule has 1 aliphatic heterocycles. The summed E-state index contributed by atoms with van der Waals surface area (Å²) in [5, 5.41) is 17.1. The minimum Gasteiger partial charge on any atom is -0.480 e. The zero-order chi connectivity index (χ0) is 38.5. The third-order valence-electron chi connectivity index (χ3n) is 9.21. The van der Waals surface area contributed by atoms with Crippen LogP contribution in [0.2, 0.25) is 10.0 Å². The predicted octanol–water partition coefficient (Wildman–Crippen LogP) is 9.30. The fourth-order valence-electron chi connectivity index (χ4n) is 6.83. The van der Waals surface area contributed by atoms with E-state index in [0.29, 0.717) is 76.8 Å². The van der Waals surface area contributed by atoms with Crippen molar-refractivity contribution in [2.45, 2.75) is 60.0 Å². The fourth-order valence-corrected chi connectivity index (χ4v) is 7.52. The molecule has 12 nitrogen and oxygen atoms in total. The van der Waals surface area contributed by atoms with Gasteiger partial charge in [0.05, 0.1) is 29.0 Å². The van der Waals surface area contributed by atoms with Crippen LogP contribution in [0.1, 0.15) is 46.4 Å². The van der Waals surface area contributed by atoms with Crippen molar-refractivity contribution in [3.8, 4) is 29.4 Å². The van der Waals surface area contributed by atoms with Gasteiger partial charge in [-0.05, 0) is 82.6 Å². The maximum Gasteiger partial charge on any atom is 0.321 e. The van der Waals surface area contributed by atoms with Crippen molar-refractivity contribution in [1.82, 2.24) is 39.7 Å².